The molecule has 1 aliphatic heterocycles. The van der Waals surface area contributed by atoms with Crippen molar-refractivity contribution < 1.29 is 9.53 Å². The molecule has 0 amide bonds. The zero-order valence-corrected chi connectivity index (χ0v) is 9.35. The summed E-state index contributed by atoms with van der Waals surface area (Å²) < 4.78 is 4.84. The van der Waals surface area contributed by atoms with Crippen LogP contribution >= 0.6 is 0 Å². The minimum Gasteiger partial charge on any atom is -0.461 e. The zero-order valence-electron chi connectivity index (χ0n) is 9.35. The lowest BCUT2D eigenvalue weighted by atomic mass is 10.4. The Morgan fingerprint density at radius 2 is 2.12 bits per heavy atom. The van der Waals surface area contributed by atoms with E-state index in [9.17, 15) is 4.79 Å². The summed E-state index contributed by atoms with van der Waals surface area (Å²) in [6.07, 6.45) is 2.39. The normalized spacial score (nSPS) is 15.2. The maximum absolute atomic E-state index is 11.3. The van der Waals surface area contributed by atoms with Crippen molar-refractivity contribution in [3.63, 3.8) is 0 Å². The van der Waals surface area contributed by atoms with E-state index < -0.39 is 5.97 Å². The van der Waals surface area contributed by atoms with Crippen LogP contribution < -0.4 is 4.90 Å². The molecule has 86 valence electrons. The number of aromatic nitrogens is 2. The monoisotopic (exact) mass is 221 g/mol. The molecule has 16 heavy (non-hydrogen) atoms. The van der Waals surface area contributed by atoms with Gasteiger partial charge >= 0.3 is 5.97 Å². The number of esters is 1. The van der Waals surface area contributed by atoms with Crippen LogP contribution in [-0.4, -0.2) is 35.9 Å². The largest absolute Gasteiger partial charge is 0.461 e. The Morgan fingerprint density at radius 3 is 2.69 bits per heavy atom. The summed E-state index contributed by atoms with van der Waals surface area (Å²) in [5.41, 5.74) is 0.268. The van der Waals surface area contributed by atoms with Crippen LogP contribution in [0.5, 0.6) is 0 Å². The Labute approximate surface area is 94.4 Å². The molecule has 0 aliphatic carbocycles. The molecule has 0 bridgehead atoms. The lowest BCUT2D eigenvalue weighted by Crippen LogP contribution is -2.20. The van der Waals surface area contributed by atoms with Crippen LogP contribution in [0.15, 0.2) is 12.1 Å². The highest BCUT2D eigenvalue weighted by Gasteiger charge is 2.15. The molecule has 0 atom stereocenters. The summed E-state index contributed by atoms with van der Waals surface area (Å²) in [5, 5.41) is 7.91. The highest BCUT2D eigenvalue weighted by molar-refractivity contribution is 5.87. The van der Waals surface area contributed by atoms with Crippen molar-refractivity contribution in [2.24, 2.45) is 0 Å². The summed E-state index contributed by atoms with van der Waals surface area (Å²) in [5.74, 6) is 0.425. The summed E-state index contributed by atoms with van der Waals surface area (Å²) in [6.45, 7) is 4.17. The molecular weight excluding hydrogens is 206 g/mol. The van der Waals surface area contributed by atoms with Crippen LogP contribution in [0, 0.1) is 0 Å². The van der Waals surface area contributed by atoms with Gasteiger partial charge in [0, 0.05) is 13.1 Å². The Bertz CT molecular complexity index is 358. The molecule has 2 rings (SSSR count). The van der Waals surface area contributed by atoms with E-state index in [1.807, 2.05) is 6.07 Å². The SMILES string of the molecule is CCOC(=O)c1ccc(N2CCCC2)nn1. The lowest BCUT2D eigenvalue weighted by Gasteiger charge is -2.14. The molecule has 0 saturated carbocycles. The molecule has 1 aliphatic rings. The van der Waals surface area contributed by atoms with E-state index in [4.69, 9.17) is 4.74 Å². The standard InChI is InChI=1S/C11H15N3O2/c1-2-16-11(15)9-5-6-10(13-12-9)14-7-3-4-8-14/h5-6H,2-4,7-8H2,1H3. The molecule has 0 unspecified atom stereocenters. The highest BCUT2D eigenvalue weighted by Crippen LogP contribution is 2.16. The minimum atomic E-state index is -0.414. The minimum absolute atomic E-state index is 0.268. The maximum Gasteiger partial charge on any atom is 0.358 e. The van der Waals surface area contributed by atoms with Crippen molar-refractivity contribution in [3.05, 3.63) is 17.8 Å². The van der Waals surface area contributed by atoms with Gasteiger partial charge in [-0.2, -0.15) is 0 Å². The third-order valence-electron chi connectivity index (χ3n) is 2.57. The summed E-state index contributed by atoms with van der Waals surface area (Å²) in [4.78, 5) is 13.5. The molecule has 5 nitrogen and oxygen atoms in total. The van der Waals surface area contributed by atoms with Crippen molar-refractivity contribution in [1.82, 2.24) is 10.2 Å². The van der Waals surface area contributed by atoms with Gasteiger partial charge in [-0.05, 0) is 31.9 Å². The molecule has 0 aromatic carbocycles. The molecule has 0 N–H and O–H groups in total. The van der Waals surface area contributed by atoms with Gasteiger partial charge in [0.05, 0.1) is 6.61 Å². The van der Waals surface area contributed by atoms with Gasteiger partial charge < -0.3 is 9.64 Å². The van der Waals surface area contributed by atoms with E-state index in [1.165, 1.54) is 12.8 Å². The number of anilines is 1. The summed E-state index contributed by atoms with van der Waals surface area (Å²) >= 11 is 0. The molecule has 0 spiro atoms. The molecule has 1 fully saturated rings. The first-order chi connectivity index (χ1) is 7.81. The van der Waals surface area contributed by atoms with Crippen LogP contribution in [0.4, 0.5) is 5.82 Å². The number of ether oxygens (including phenoxy) is 1. The molecule has 5 heteroatoms. The van der Waals surface area contributed by atoms with E-state index in [1.54, 1.807) is 13.0 Å². The zero-order chi connectivity index (χ0) is 11.4. The van der Waals surface area contributed by atoms with E-state index in [-0.39, 0.29) is 5.69 Å². The van der Waals surface area contributed by atoms with Gasteiger partial charge in [0.25, 0.3) is 0 Å². The first-order valence-electron chi connectivity index (χ1n) is 5.57. The quantitative estimate of drug-likeness (QED) is 0.719. The second kappa shape index (κ2) is 4.92. The molecular formula is C11H15N3O2. The lowest BCUT2D eigenvalue weighted by molar-refractivity contribution is 0.0518. The summed E-state index contributed by atoms with van der Waals surface area (Å²) in [6, 6.07) is 3.49. The Morgan fingerprint density at radius 1 is 1.38 bits per heavy atom. The summed E-state index contributed by atoms with van der Waals surface area (Å²) in [7, 11) is 0. The number of carbonyl (C=O) groups is 1. The van der Waals surface area contributed by atoms with Crippen LogP contribution in [-0.2, 0) is 4.74 Å². The first-order valence-corrected chi connectivity index (χ1v) is 5.57. The maximum atomic E-state index is 11.3. The fraction of sp³-hybridized carbons (Fsp3) is 0.545. The van der Waals surface area contributed by atoms with Crippen LogP contribution in [0.25, 0.3) is 0 Å². The van der Waals surface area contributed by atoms with Gasteiger partial charge in [-0.15, -0.1) is 10.2 Å². The van der Waals surface area contributed by atoms with Crippen molar-refractivity contribution in [2.45, 2.75) is 19.8 Å². The number of hydrogen-bond donors (Lipinski definition) is 0. The van der Waals surface area contributed by atoms with E-state index in [0.717, 1.165) is 18.9 Å². The Hall–Kier alpha value is -1.65. The predicted molar refractivity (Wildman–Crippen MR) is 59.4 cm³/mol. The fourth-order valence-corrected chi connectivity index (χ4v) is 1.75. The first kappa shape index (κ1) is 10.9. The van der Waals surface area contributed by atoms with Gasteiger partial charge in [-0.1, -0.05) is 0 Å². The topological polar surface area (TPSA) is 55.3 Å². The van der Waals surface area contributed by atoms with Gasteiger partial charge in [0.1, 0.15) is 0 Å². The van der Waals surface area contributed by atoms with Gasteiger partial charge in [0.2, 0.25) is 0 Å². The van der Waals surface area contributed by atoms with Gasteiger partial charge in [-0.25, -0.2) is 4.79 Å². The van der Waals surface area contributed by atoms with Crippen LogP contribution in [0.2, 0.25) is 0 Å². The average molecular weight is 221 g/mol. The van der Waals surface area contributed by atoms with Crippen molar-refractivity contribution >= 4 is 11.8 Å². The average Bonchev–Trinajstić information content (AvgIpc) is 2.83. The second-order valence-electron chi connectivity index (χ2n) is 3.69. The van der Waals surface area contributed by atoms with Crippen molar-refractivity contribution in [2.75, 3.05) is 24.6 Å². The highest BCUT2D eigenvalue weighted by atomic mass is 16.5. The third kappa shape index (κ3) is 2.29. The third-order valence-corrected chi connectivity index (χ3v) is 2.57. The van der Waals surface area contributed by atoms with E-state index in [2.05, 4.69) is 15.1 Å². The molecule has 1 aromatic heterocycles. The molecule has 0 radical (unpaired) electrons. The molecule has 1 saturated heterocycles. The number of nitrogens with zero attached hydrogens (tertiary/aromatic N) is 3. The second-order valence-corrected chi connectivity index (χ2v) is 3.69. The van der Waals surface area contributed by atoms with Crippen LogP contribution in [0.3, 0.4) is 0 Å². The molecule has 2 heterocycles. The smallest absolute Gasteiger partial charge is 0.358 e. The van der Waals surface area contributed by atoms with Gasteiger partial charge in [0.15, 0.2) is 11.5 Å². The van der Waals surface area contributed by atoms with E-state index in [0.29, 0.717) is 6.61 Å². The Balaban J connectivity index is 2.06. The van der Waals surface area contributed by atoms with E-state index >= 15 is 0 Å². The van der Waals surface area contributed by atoms with Gasteiger partial charge in [-0.3, -0.25) is 0 Å². The number of hydrogen-bond acceptors (Lipinski definition) is 5. The Kier molecular flexibility index (Phi) is 3.34. The fourth-order valence-electron chi connectivity index (χ4n) is 1.75. The molecule has 1 aromatic rings. The van der Waals surface area contributed by atoms with Crippen LogP contribution in [0.1, 0.15) is 30.3 Å². The van der Waals surface area contributed by atoms with Crippen molar-refractivity contribution in [3.8, 4) is 0 Å². The number of carbonyl (C=O) groups excluding carboxylic acids is 1. The number of rotatable bonds is 3. The van der Waals surface area contributed by atoms with Crippen molar-refractivity contribution in [1.29, 1.82) is 0 Å². The predicted octanol–water partition coefficient (Wildman–Crippen LogP) is 1.25.